The molecule has 1 aliphatic carbocycles. The minimum absolute atomic E-state index is 0.0304. The highest BCUT2D eigenvalue weighted by atomic mass is 32.2. The third-order valence-corrected chi connectivity index (χ3v) is 10.9. The predicted molar refractivity (Wildman–Crippen MR) is 157 cm³/mol. The molecule has 1 saturated carbocycles. The number of carbonyl (C=O) groups is 2. The third kappa shape index (κ3) is 4.69. The van der Waals surface area contributed by atoms with Gasteiger partial charge in [0.2, 0.25) is 6.79 Å². The molecule has 226 valence electrons. The van der Waals surface area contributed by atoms with Gasteiger partial charge in [0, 0.05) is 17.6 Å². The van der Waals surface area contributed by atoms with Crippen LogP contribution in [-0.4, -0.2) is 78.0 Å². The van der Waals surface area contributed by atoms with Gasteiger partial charge in [-0.2, -0.15) is 5.01 Å². The van der Waals surface area contributed by atoms with Gasteiger partial charge in [0.15, 0.2) is 11.5 Å². The molecule has 1 N–H and O–H groups in total. The molecule has 3 fully saturated rings. The molecule has 3 unspecified atom stereocenters. The van der Waals surface area contributed by atoms with Crippen LogP contribution < -0.4 is 0 Å². The quantitative estimate of drug-likeness (QED) is 0.388. The number of amides is 1. The first-order valence-corrected chi connectivity index (χ1v) is 15.6. The zero-order chi connectivity index (χ0) is 29.6. The van der Waals surface area contributed by atoms with Crippen molar-refractivity contribution >= 4 is 23.8 Å². The first-order chi connectivity index (χ1) is 21.0. The number of fused-ring (bicyclic) bond motifs is 4. The number of aliphatic hydroxyl groups excluding tert-OH is 1. The Labute approximate surface area is 254 Å². The van der Waals surface area contributed by atoms with E-state index in [0.29, 0.717) is 19.8 Å². The van der Waals surface area contributed by atoms with Crippen molar-refractivity contribution in [3.63, 3.8) is 0 Å². The zero-order valence-corrected chi connectivity index (χ0v) is 24.8. The Morgan fingerprint density at radius 3 is 2.79 bits per heavy atom. The lowest BCUT2D eigenvalue weighted by Gasteiger charge is -2.60. The highest BCUT2D eigenvalue weighted by Gasteiger charge is 2.57. The topological polar surface area (TPSA) is 101 Å². The van der Waals surface area contributed by atoms with E-state index >= 15 is 0 Å². The normalized spacial score (nSPS) is 30.1. The molecule has 0 aromatic heterocycles. The zero-order valence-electron chi connectivity index (χ0n) is 24.0. The van der Waals surface area contributed by atoms with Crippen molar-refractivity contribution < 1.29 is 33.6 Å². The number of methoxy groups -OCH3 is 1. The van der Waals surface area contributed by atoms with Gasteiger partial charge >= 0.3 is 6.16 Å². The molecule has 7 rings (SSSR count). The fourth-order valence-corrected chi connectivity index (χ4v) is 9.12. The van der Waals surface area contributed by atoms with Gasteiger partial charge in [-0.05, 0) is 42.0 Å². The first kappa shape index (κ1) is 28.3. The van der Waals surface area contributed by atoms with E-state index in [2.05, 4.69) is 64.3 Å². The van der Waals surface area contributed by atoms with E-state index in [-0.39, 0.29) is 40.2 Å². The fourth-order valence-electron chi connectivity index (χ4n) is 7.38. The molecule has 10 nitrogen and oxygen atoms in total. The average molecular weight is 606 g/mol. The molecule has 0 bridgehead atoms. The lowest BCUT2D eigenvalue weighted by molar-refractivity contribution is -0.203. The molecule has 11 heteroatoms. The Morgan fingerprint density at radius 1 is 1.14 bits per heavy atom. The van der Waals surface area contributed by atoms with Crippen molar-refractivity contribution in [3.8, 4) is 0 Å². The summed E-state index contributed by atoms with van der Waals surface area (Å²) in [5, 5.41) is 15.1. The summed E-state index contributed by atoms with van der Waals surface area (Å²) in [5.74, 6) is -0.0192. The maximum absolute atomic E-state index is 14.1. The van der Waals surface area contributed by atoms with Crippen LogP contribution in [0.1, 0.15) is 42.9 Å². The fraction of sp³-hybridized carbons (Fsp3) is 0.438. The maximum atomic E-state index is 14.1. The van der Waals surface area contributed by atoms with Gasteiger partial charge in [0.1, 0.15) is 12.3 Å². The Balaban J connectivity index is 1.38. The Morgan fingerprint density at radius 2 is 1.95 bits per heavy atom. The van der Waals surface area contributed by atoms with Crippen LogP contribution in [0.5, 0.6) is 0 Å². The van der Waals surface area contributed by atoms with E-state index < -0.39 is 19.1 Å². The van der Waals surface area contributed by atoms with Gasteiger partial charge in [-0.15, -0.1) is 11.8 Å². The van der Waals surface area contributed by atoms with Crippen molar-refractivity contribution in [3.05, 3.63) is 89.5 Å². The number of ether oxygens (including phenoxy) is 4. The average Bonchev–Trinajstić information content (AvgIpc) is 3.05. The van der Waals surface area contributed by atoms with Gasteiger partial charge in [-0.1, -0.05) is 61.4 Å². The van der Waals surface area contributed by atoms with Crippen LogP contribution in [0.3, 0.4) is 0 Å². The van der Waals surface area contributed by atoms with Crippen molar-refractivity contribution in [2.45, 2.75) is 53.6 Å². The molecule has 0 radical (unpaired) electrons. The highest BCUT2D eigenvalue weighted by Crippen LogP contribution is 2.64. The van der Waals surface area contributed by atoms with Crippen molar-refractivity contribution in [2.24, 2.45) is 5.92 Å². The summed E-state index contributed by atoms with van der Waals surface area (Å²) < 4.78 is 21.2. The van der Waals surface area contributed by atoms with E-state index in [1.807, 2.05) is 21.7 Å². The number of hydrogen-bond acceptors (Lipinski definition) is 10. The second-order valence-corrected chi connectivity index (χ2v) is 12.7. The van der Waals surface area contributed by atoms with Gasteiger partial charge in [0.05, 0.1) is 31.1 Å². The number of benzene rings is 2. The number of carbonyl (C=O) groups excluding carboxylic acids is 2. The van der Waals surface area contributed by atoms with Gasteiger partial charge in [-0.25, -0.2) is 4.79 Å². The minimum Gasteiger partial charge on any atom is -0.456 e. The van der Waals surface area contributed by atoms with Crippen molar-refractivity contribution in [1.82, 2.24) is 14.9 Å². The summed E-state index contributed by atoms with van der Waals surface area (Å²) in [4.78, 5) is 28.8. The number of hydrogen-bond donors (Lipinski definition) is 1. The van der Waals surface area contributed by atoms with Crippen LogP contribution in [0, 0.1) is 5.92 Å². The van der Waals surface area contributed by atoms with E-state index in [0.717, 1.165) is 25.7 Å². The van der Waals surface area contributed by atoms with Crippen molar-refractivity contribution in [2.75, 3.05) is 33.7 Å². The number of morpholine rings is 1. The second-order valence-electron chi connectivity index (χ2n) is 11.3. The summed E-state index contributed by atoms with van der Waals surface area (Å²) >= 11 is 1.97. The van der Waals surface area contributed by atoms with Gasteiger partial charge < -0.3 is 29.0 Å². The molecule has 4 aliphatic heterocycles. The lowest BCUT2D eigenvalue weighted by atomic mass is 9.69. The van der Waals surface area contributed by atoms with E-state index in [1.165, 1.54) is 23.1 Å². The highest BCUT2D eigenvalue weighted by molar-refractivity contribution is 8.00. The molecule has 5 aliphatic rings. The van der Waals surface area contributed by atoms with E-state index in [4.69, 9.17) is 14.2 Å². The monoisotopic (exact) mass is 605 g/mol. The summed E-state index contributed by atoms with van der Waals surface area (Å²) in [7, 11) is 1.20. The summed E-state index contributed by atoms with van der Waals surface area (Å²) in [6.45, 7) is 0.662. The molecule has 2 saturated heterocycles. The molecular formula is C32H35N3O7S. The molecule has 1 amide bonds. The maximum Gasteiger partial charge on any atom is 0.510 e. The SMILES string of the molecule is COC(=O)OCOC1=C2C(=O)N3CCOC[C@H]3N([C@H]3c4ccccc4SC4(c5ccccc5)CCCCC34)N2C=CC1O. The second kappa shape index (κ2) is 11.5. The molecule has 43 heavy (non-hydrogen) atoms. The number of aliphatic hydroxyl groups is 1. The van der Waals surface area contributed by atoms with Crippen LogP contribution in [0.15, 0.2) is 83.2 Å². The molecule has 2 aromatic rings. The van der Waals surface area contributed by atoms with Gasteiger partial charge in [0.25, 0.3) is 5.91 Å². The molecule has 5 atom stereocenters. The van der Waals surface area contributed by atoms with Crippen LogP contribution >= 0.6 is 11.8 Å². The molecular weight excluding hydrogens is 570 g/mol. The van der Waals surface area contributed by atoms with Crippen molar-refractivity contribution in [1.29, 1.82) is 0 Å². The first-order valence-electron chi connectivity index (χ1n) is 14.8. The Bertz CT molecular complexity index is 1450. The minimum atomic E-state index is -1.19. The predicted octanol–water partition coefficient (Wildman–Crippen LogP) is 4.49. The van der Waals surface area contributed by atoms with E-state index in [1.54, 1.807) is 12.3 Å². The smallest absolute Gasteiger partial charge is 0.456 e. The largest absolute Gasteiger partial charge is 0.510 e. The lowest BCUT2D eigenvalue weighted by Crippen LogP contribution is -2.69. The Hall–Kier alpha value is -3.51. The summed E-state index contributed by atoms with van der Waals surface area (Å²) in [5.41, 5.74) is 2.73. The van der Waals surface area contributed by atoms with E-state index in [9.17, 15) is 14.7 Å². The molecule has 0 spiro atoms. The Kier molecular flexibility index (Phi) is 7.58. The van der Waals surface area contributed by atoms with Crippen LogP contribution in [0.25, 0.3) is 0 Å². The summed E-state index contributed by atoms with van der Waals surface area (Å²) in [6.07, 6.45) is 5.20. The van der Waals surface area contributed by atoms with Gasteiger partial charge in [-0.3, -0.25) is 9.80 Å². The van der Waals surface area contributed by atoms with Crippen LogP contribution in [0.2, 0.25) is 0 Å². The number of nitrogens with zero attached hydrogens (tertiary/aromatic N) is 3. The summed E-state index contributed by atoms with van der Waals surface area (Å²) in [6, 6.07) is 19.3. The third-order valence-electron chi connectivity index (χ3n) is 9.19. The number of rotatable bonds is 5. The number of hydrazine groups is 1. The standard InChI is InChI=1S/C32H35N3O7S/c1-39-31(38)42-20-41-29-24(36)14-16-34-28(29)30(37)33-17-18-40-19-26(33)35(34)27-22-11-5-6-13-25(22)43-32(15-8-7-12-23(27)32)21-9-3-2-4-10-21/h2-6,9-11,13-14,16,23-24,26-27,36H,7-8,12,15,17-20H2,1H3/t23?,24?,26-,27+,32?/m1/s1. The number of thioether (sulfide) groups is 1. The van der Waals surface area contributed by atoms with Crippen LogP contribution in [0.4, 0.5) is 4.79 Å². The molecule has 2 aromatic carbocycles. The molecule has 4 heterocycles. The van der Waals surface area contributed by atoms with Crippen LogP contribution in [-0.2, 0) is 28.5 Å².